The highest BCUT2D eigenvalue weighted by atomic mass is 32.1. The van der Waals surface area contributed by atoms with Gasteiger partial charge in [0.25, 0.3) is 0 Å². The second-order valence-corrected chi connectivity index (χ2v) is 4.28. The molecule has 82 valence electrons. The van der Waals surface area contributed by atoms with Gasteiger partial charge in [-0.1, -0.05) is 0 Å². The largest absolute Gasteiger partial charge is 0.377 e. The minimum Gasteiger partial charge on any atom is -0.377 e. The van der Waals surface area contributed by atoms with Crippen molar-refractivity contribution < 1.29 is 9.53 Å². The van der Waals surface area contributed by atoms with Gasteiger partial charge in [-0.15, -0.1) is 11.3 Å². The highest BCUT2D eigenvalue weighted by Crippen LogP contribution is 2.22. The lowest BCUT2D eigenvalue weighted by Gasteiger charge is -2.21. The van der Waals surface area contributed by atoms with Gasteiger partial charge in [0.15, 0.2) is 0 Å². The van der Waals surface area contributed by atoms with Crippen molar-refractivity contribution in [2.24, 2.45) is 0 Å². The lowest BCUT2D eigenvalue weighted by Crippen LogP contribution is -2.45. The maximum absolute atomic E-state index is 12.1. The molecule has 1 unspecified atom stereocenters. The molecule has 1 aliphatic heterocycles. The van der Waals surface area contributed by atoms with Crippen molar-refractivity contribution in [3.05, 3.63) is 17.5 Å². The number of amides is 1. The molecule has 4 nitrogen and oxygen atoms in total. The SMILES string of the molecule is CNC1COCCN(c2cccs2)C1=O. The second-order valence-electron chi connectivity index (χ2n) is 3.36. The van der Waals surface area contributed by atoms with Crippen LogP contribution in [0.1, 0.15) is 0 Å². The summed E-state index contributed by atoms with van der Waals surface area (Å²) < 4.78 is 5.38. The second kappa shape index (κ2) is 4.74. The van der Waals surface area contributed by atoms with Crippen molar-refractivity contribution in [3.8, 4) is 0 Å². The number of rotatable bonds is 2. The topological polar surface area (TPSA) is 41.6 Å². The van der Waals surface area contributed by atoms with Gasteiger partial charge < -0.3 is 15.0 Å². The van der Waals surface area contributed by atoms with Crippen molar-refractivity contribution in [2.75, 3.05) is 31.7 Å². The fourth-order valence-corrected chi connectivity index (χ4v) is 2.34. The van der Waals surface area contributed by atoms with Crippen LogP contribution in [0.3, 0.4) is 0 Å². The van der Waals surface area contributed by atoms with E-state index >= 15 is 0 Å². The molecule has 0 radical (unpaired) electrons. The first-order chi connectivity index (χ1) is 7.33. The molecule has 0 spiro atoms. The van der Waals surface area contributed by atoms with Gasteiger partial charge in [0.1, 0.15) is 6.04 Å². The van der Waals surface area contributed by atoms with Crippen LogP contribution in [0.2, 0.25) is 0 Å². The average molecular weight is 226 g/mol. The number of nitrogens with zero attached hydrogens (tertiary/aromatic N) is 1. The first-order valence-electron chi connectivity index (χ1n) is 4.93. The van der Waals surface area contributed by atoms with Gasteiger partial charge in [-0.3, -0.25) is 4.79 Å². The molecule has 15 heavy (non-hydrogen) atoms. The maximum Gasteiger partial charge on any atom is 0.247 e. The molecular weight excluding hydrogens is 212 g/mol. The predicted octanol–water partition coefficient (Wildman–Crippen LogP) is 0.699. The van der Waals surface area contributed by atoms with E-state index in [1.807, 2.05) is 17.5 Å². The normalized spacial score (nSPS) is 22.9. The molecule has 1 aromatic rings. The monoisotopic (exact) mass is 226 g/mol. The molecule has 0 saturated carbocycles. The molecule has 0 aliphatic carbocycles. The van der Waals surface area contributed by atoms with E-state index in [9.17, 15) is 4.79 Å². The highest BCUT2D eigenvalue weighted by molar-refractivity contribution is 7.14. The van der Waals surface area contributed by atoms with Gasteiger partial charge in [0, 0.05) is 0 Å². The van der Waals surface area contributed by atoms with Crippen LogP contribution in [0.4, 0.5) is 5.00 Å². The van der Waals surface area contributed by atoms with Gasteiger partial charge in [-0.2, -0.15) is 0 Å². The number of carbonyl (C=O) groups is 1. The average Bonchev–Trinajstić information content (AvgIpc) is 2.70. The zero-order chi connectivity index (χ0) is 10.7. The zero-order valence-corrected chi connectivity index (χ0v) is 9.42. The van der Waals surface area contributed by atoms with Gasteiger partial charge >= 0.3 is 0 Å². The van der Waals surface area contributed by atoms with Crippen LogP contribution in [-0.4, -0.2) is 38.8 Å². The van der Waals surface area contributed by atoms with Crippen molar-refractivity contribution in [1.82, 2.24) is 5.32 Å². The van der Waals surface area contributed by atoms with Crippen molar-refractivity contribution >= 4 is 22.2 Å². The number of hydrogen-bond acceptors (Lipinski definition) is 4. The summed E-state index contributed by atoms with van der Waals surface area (Å²) in [5.41, 5.74) is 0. The summed E-state index contributed by atoms with van der Waals surface area (Å²) in [5, 5.41) is 5.94. The summed E-state index contributed by atoms with van der Waals surface area (Å²) in [7, 11) is 1.78. The Kier molecular flexibility index (Phi) is 3.35. The third-order valence-electron chi connectivity index (χ3n) is 2.43. The number of nitrogens with one attached hydrogen (secondary N) is 1. The Bertz CT molecular complexity index is 326. The van der Waals surface area contributed by atoms with Crippen LogP contribution in [0, 0.1) is 0 Å². The molecule has 1 saturated heterocycles. The zero-order valence-electron chi connectivity index (χ0n) is 8.60. The molecule has 0 aromatic carbocycles. The smallest absolute Gasteiger partial charge is 0.247 e. The van der Waals surface area contributed by atoms with E-state index < -0.39 is 0 Å². The van der Waals surface area contributed by atoms with Crippen LogP contribution in [-0.2, 0) is 9.53 Å². The Morgan fingerprint density at radius 3 is 3.20 bits per heavy atom. The summed E-state index contributed by atoms with van der Waals surface area (Å²) in [6.07, 6.45) is 0. The van der Waals surface area contributed by atoms with Crippen molar-refractivity contribution in [1.29, 1.82) is 0 Å². The number of carbonyl (C=O) groups excluding carboxylic acids is 1. The Morgan fingerprint density at radius 2 is 2.53 bits per heavy atom. The first kappa shape index (κ1) is 10.6. The Hall–Kier alpha value is -0.910. The van der Waals surface area contributed by atoms with E-state index in [2.05, 4.69) is 5.32 Å². The maximum atomic E-state index is 12.1. The summed E-state index contributed by atoms with van der Waals surface area (Å²) in [6.45, 7) is 1.69. The molecular formula is C10H14N2O2S. The van der Waals surface area contributed by atoms with Gasteiger partial charge in [-0.25, -0.2) is 0 Å². The minimum atomic E-state index is -0.227. The van der Waals surface area contributed by atoms with Crippen LogP contribution in [0.25, 0.3) is 0 Å². The number of ether oxygens (including phenoxy) is 1. The lowest BCUT2D eigenvalue weighted by atomic mass is 10.3. The van der Waals surface area contributed by atoms with Crippen LogP contribution in [0.15, 0.2) is 17.5 Å². The standard InChI is InChI=1S/C10H14N2O2S/c1-11-8-7-14-5-4-12(10(8)13)9-3-2-6-15-9/h2-3,6,8,11H,4-5,7H2,1H3. The molecule has 2 heterocycles. The van der Waals surface area contributed by atoms with E-state index in [0.29, 0.717) is 19.8 Å². The predicted molar refractivity (Wildman–Crippen MR) is 60.3 cm³/mol. The third-order valence-corrected chi connectivity index (χ3v) is 3.32. The summed E-state index contributed by atoms with van der Waals surface area (Å²) in [6, 6.07) is 3.68. The quantitative estimate of drug-likeness (QED) is 0.807. The molecule has 1 fully saturated rings. The molecule has 1 aliphatic rings. The number of thiophene rings is 1. The molecule has 0 bridgehead atoms. The van der Waals surface area contributed by atoms with E-state index in [-0.39, 0.29) is 11.9 Å². The number of likely N-dealkylation sites (N-methyl/N-ethyl adjacent to an activating group) is 1. The van der Waals surface area contributed by atoms with Crippen molar-refractivity contribution in [2.45, 2.75) is 6.04 Å². The van der Waals surface area contributed by atoms with Crippen LogP contribution >= 0.6 is 11.3 Å². The summed E-state index contributed by atoms with van der Waals surface area (Å²) >= 11 is 1.58. The van der Waals surface area contributed by atoms with Gasteiger partial charge in [0.05, 0.1) is 24.8 Å². The Morgan fingerprint density at radius 1 is 1.67 bits per heavy atom. The lowest BCUT2D eigenvalue weighted by molar-refractivity contribution is -0.120. The fraction of sp³-hybridized carbons (Fsp3) is 0.500. The third kappa shape index (κ3) is 2.19. The van der Waals surface area contributed by atoms with Crippen LogP contribution in [0.5, 0.6) is 0 Å². The van der Waals surface area contributed by atoms with E-state index in [4.69, 9.17) is 4.74 Å². The van der Waals surface area contributed by atoms with Gasteiger partial charge in [-0.05, 0) is 24.6 Å². The Labute approximate surface area is 92.8 Å². The van der Waals surface area contributed by atoms with Crippen molar-refractivity contribution in [3.63, 3.8) is 0 Å². The fourth-order valence-electron chi connectivity index (χ4n) is 1.58. The number of hydrogen-bond donors (Lipinski definition) is 1. The number of anilines is 1. The molecule has 5 heteroatoms. The molecule has 1 N–H and O–H groups in total. The summed E-state index contributed by atoms with van der Waals surface area (Å²) in [4.78, 5) is 13.9. The first-order valence-corrected chi connectivity index (χ1v) is 5.81. The van der Waals surface area contributed by atoms with E-state index in [1.165, 1.54) is 0 Å². The van der Waals surface area contributed by atoms with E-state index in [0.717, 1.165) is 5.00 Å². The summed E-state index contributed by atoms with van der Waals surface area (Å²) in [5.74, 6) is 0.0949. The molecule has 1 amide bonds. The minimum absolute atomic E-state index is 0.0949. The molecule has 2 rings (SSSR count). The highest BCUT2D eigenvalue weighted by Gasteiger charge is 2.27. The molecule has 1 aromatic heterocycles. The Balaban J connectivity index is 2.19. The van der Waals surface area contributed by atoms with Crippen LogP contribution < -0.4 is 10.2 Å². The molecule has 1 atom stereocenters. The van der Waals surface area contributed by atoms with Gasteiger partial charge in [0.2, 0.25) is 5.91 Å². The van der Waals surface area contributed by atoms with E-state index in [1.54, 1.807) is 23.3 Å².